The number of carbonyl (C=O) groups excluding carboxylic acids is 1. The number of carbonyl (C=O) groups is 1. The second-order valence-corrected chi connectivity index (χ2v) is 5.70. The molecule has 0 spiro atoms. The van der Waals surface area contributed by atoms with E-state index in [1.165, 1.54) is 0 Å². The van der Waals surface area contributed by atoms with Gasteiger partial charge < -0.3 is 19.7 Å². The van der Waals surface area contributed by atoms with Gasteiger partial charge in [0.1, 0.15) is 11.6 Å². The van der Waals surface area contributed by atoms with Crippen LogP contribution < -0.4 is 10.1 Å². The summed E-state index contributed by atoms with van der Waals surface area (Å²) in [4.78, 5) is 14.1. The maximum absolute atomic E-state index is 12.3. The van der Waals surface area contributed by atoms with Gasteiger partial charge >= 0.3 is 0 Å². The first-order valence-corrected chi connectivity index (χ1v) is 8.34. The Morgan fingerprint density at radius 2 is 2.00 bits per heavy atom. The summed E-state index contributed by atoms with van der Waals surface area (Å²) in [5.74, 6) is 1.42. The zero-order valence-electron chi connectivity index (χ0n) is 14.3. The normalized spacial score (nSPS) is 14.2. The lowest BCUT2D eigenvalue weighted by Crippen LogP contribution is -2.41. The fourth-order valence-corrected chi connectivity index (χ4v) is 2.70. The van der Waals surface area contributed by atoms with E-state index in [-0.39, 0.29) is 5.91 Å². The number of morpholine rings is 1. The van der Waals surface area contributed by atoms with E-state index >= 15 is 0 Å². The van der Waals surface area contributed by atoms with Gasteiger partial charge in [-0.3, -0.25) is 4.79 Å². The summed E-state index contributed by atoms with van der Waals surface area (Å²) in [6.45, 7) is 3.04. The molecule has 0 atom stereocenters. The van der Waals surface area contributed by atoms with E-state index in [0.29, 0.717) is 44.4 Å². The van der Waals surface area contributed by atoms with Gasteiger partial charge in [0.15, 0.2) is 5.69 Å². The van der Waals surface area contributed by atoms with Crippen molar-refractivity contribution in [2.24, 2.45) is 0 Å². The number of nitrogens with one attached hydrogen (secondary N) is 1. The zero-order chi connectivity index (χ0) is 17.5. The molecule has 0 bridgehead atoms. The van der Waals surface area contributed by atoms with Gasteiger partial charge in [-0.2, -0.15) is 0 Å². The number of hydrogen-bond donors (Lipinski definition) is 1. The summed E-state index contributed by atoms with van der Waals surface area (Å²) < 4.78 is 10.6. The largest absolute Gasteiger partial charge is 0.496 e. The molecule has 1 aliphatic heterocycles. The molecule has 2 heterocycles. The number of aromatic nitrogens is 2. The SMILES string of the molecule is COc1ccccc1CCNc1ccc(C(=O)N2CCOCC2)nn1. The molecule has 7 nitrogen and oxygen atoms in total. The molecule has 25 heavy (non-hydrogen) atoms. The van der Waals surface area contributed by atoms with Crippen molar-refractivity contribution in [1.29, 1.82) is 0 Å². The first-order chi connectivity index (χ1) is 12.3. The maximum atomic E-state index is 12.3. The van der Waals surface area contributed by atoms with E-state index in [2.05, 4.69) is 15.5 Å². The minimum Gasteiger partial charge on any atom is -0.496 e. The molecule has 0 saturated carbocycles. The first-order valence-electron chi connectivity index (χ1n) is 8.34. The fourth-order valence-electron chi connectivity index (χ4n) is 2.70. The summed E-state index contributed by atoms with van der Waals surface area (Å²) in [5.41, 5.74) is 1.49. The smallest absolute Gasteiger partial charge is 0.274 e. The Morgan fingerprint density at radius 3 is 2.72 bits per heavy atom. The van der Waals surface area contributed by atoms with Crippen LogP contribution in [0, 0.1) is 0 Å². The van der Waals surface area contributed by atoms with E-state index < -0.39 is 0 Å². The molecule has 3 rings (SSSR count). The molecule has 1 aromatic heterocycles. The highest BCUT2D eigenvalue weighted by Gasteiger charge is 2.19. The molecule has 1 aliphatic rings. The number of benzene rings is 1. The number of hydrogen-bond acceptors (Lipinski definition) is 6. The Morgan fingerprint density at radius 1 is 1.20 bits per heavy atom. The van der Waals surface area contributed by atoms with Crippen LogP contribution in [0.4, 0.5) is 5.82 Å². The Kier molecular flexibility index (Phi) is 5.79. The first kappa shape index (κ1) is 17.2. The van der Waals surface area contributed by atoms with Crippen LogP contribution in [0.5, 0.6) is 5.75 Å². The van der Waals surface area contributed by atoms with Crippen molar-refractivity contribution in [3.8, 4) is 5.75 Å². The third kappa shape index (κ3) is 4.45. The highest BCUT2D eigenvalue weighted by molar-refractivity contribution is 5.92. The predicted molar refractivity (Wildman–Crippen MR) is 93.9 cm³/mol. The number of rotatable bonds is 6. The van der Waals surface area contributed by atoms with Gasteiger partial charge in [0, 0.05) is 19.6 Å². The Hall–Kier alpha value is -2.67. The van der Waals surface area contributed by atoms with Crippen molar-refractivity contribution in [1.82, 2.24) is 15.1 Å². The van der Waals surface area contributed by atoms with Gasteiger partial charge in [-0.05, 0) is 30.2 Å². The van der Waals surface area contributed by atoms with Gasteiger partial charge in [0.2, 0.25) is 0 Å². The maximum Gasteiger partial charge on any atom is 0.274 e. The third-order valence-corrected chi connectivity index (χ3v) is 4.07. The molecule has 1 amide bonds. The van der Waals surface area contributed by atoms with Gasteiger partial charge in [0.05, 0.1) is 20.3 Å². The minimum atomic E-state index is -0.101. The zero-order valence-corrected chi connectivity index (χ0v) is 14.3. The molecule has 0 radical (unpaired) electrons. The average molecular weight is 342 g/mol. The molecular formula is C18H22N4O3. The quantitative estimate of drug-likeness (QED) is 0.859. The molecule has 132 valence electrons. The second kappa shape index (κ2) is 8.43. The van der Waals surface area contributed by atoms with E-state index in [0.717, 1.165) is 17.7 Å². The number of nitrogens with zero attached hydrogens (tertiary/aromatic N) is 3. The predicted octanol–water partition coefficient (Wildman–Crippen LogP) is 1.61. The van der Waals surface area contributed by atoms with E-state index in [1.54, 1.807) is 24.1 Å². The molecule has 0 aliphatic carbocycles. The average Bonchev–Trinajstić information content (AvgIpc) is 2.69. The number of amides is 1. The standard InChI is InChI=1S/C18H22N4O3/c1-24-16-5-3-2-4-14(16)8-9-19-17-7-6-15(20-21-17)18(23)22-10-12-25-13-11-22/h2-7H,8-13H2,1H3,(H,19,21). The molecule has 1 aromatic carbocycles. The van der Waals surface area contributed by atoms with Crippen molar-refractivity contribution in [3.63, 3.8) is 0 Å². The number of para-hydroxylation sites is 1. The highest BCUT2D eigenvalue weighted by Crippen LogP contribution is 2.17. The van der Waals surface area contributed by atoms with Crippen LogP contribution in [0.3, 0.4) is 0 Å². The Balaban J connectivity index is 1.53. The summed E-state index contributed by atoms with van der Waals surface area (Å²) in [6.07, 6.45) is 0.806. The van der Waals surface area contributed by atoms with Crippen molar-refractivity contribution >= 4 is 11.7 Å². The monoisotopic (exact) mass is 342 g/mol. The molecular weight excluding hydrogens is 320 g/mol. The lowest BCUT2D eigenvalue weighted by molar-refractivity contribution is 0.0298. The van der Waals surface area contributed by atoms with Crippen molar-refractivity contribution in [2.75, 3.05) is 45.3 Å². The van der Waals surface area contributed by atoms with E-state index in [1.807, 2.05) is 24.3 Å². The van der Waals surface area contributed by atoms with Crippen molar-refractivity contribution in [3.05, 3.63) is 47.7 Å². The van der Waals surface area contributed by atoms with Crippen molar-refractivity contribution in [2.45, 2.75) is 6.42 Å². The summed E-state index contributed by atoms with van der Waals surface area (Å²) in [7, 11) is 1.67. The van der Waals surface area contributed by atoms with Crippen LogP contribution in [0.25, 0.3) is 0 Å². The Labute approximate surface area is 147 Å². The number of methoxy groups -OCH3 is 1. The molecule has 1 N–H and O–H groups in total. The fraction of sp³-hybridized carbons (Fsp3) is 0.389. The van der Waals surface area contributed by atoms with Gasteiger partial charge in [-0.25, -0.2) is 0 Å². The number of ether oxygens (including phenoxy) is 2. The number of anilines is 1. The van der Waals surface area contributed by atoms with Crippen LogP contribution in [-0.4, -0.2) is 61.0 Å². The van der Waals surface area contributed by atoms with Crippen LogP contribution in [-0.2, 0) is 11.2 Å². The molecule has 7 heteroatoms. The van der Waals surface area contributed by atoms with E-state index in [9.17, 15) is 4.79 Å². The van der Waals surface area contributed by atoms with Crippen LogP contribution in [0.2, 0.25) is 0 Å². The van der Waals surface area contributed by atoms with Gasteiger partial charge in [-0.15, -0.1) is 10.2 Å². The van der Waals surface area contributed by atoms with E-state index in [4.69, 9.17) is 9.47 Å². The molecule has 2 aromatic rings. The molecule has 0 unspecified atom stereocenters. The van der Waals surface area contributed by atoms with Gasteiger partial charge in [0.25, 0.3) is 5.91 Å². The topological polar surface area (TPSA) is 76.6 Å². The molecule has 1 saturated heterocycles. The second-order valence-electron chi connectivity index (χ2n) is 5.70. The van der Waals surface area contributed by atoms with Gasteiger partial charge in [-0.1, -0.05) is 18.2 Å². The lowest BCUT2D eigenvalue weighted by atomic mass is 10.1. The molecule has 1 fully saturated rings. The third-order valence-electron chi connectivity index (χ3n) is 4.07. The highest BCUT2D eigenvalue weighted by atomic mass is 16.5. The summed E-state index contributed by atoms with van der Waals surface area (Å²) in [6, 6.07) is 11.4. The lowest BCUT2D eigenvalue weighted by Gasteiger charge is -2.26. The summed E-state index contributed by atoms with van der Waals surface area (Å²) >= 11 is 0. The van der Waals surface area contributed by atoms with Crippen LogP contribution in [0.15, 0.2) is 36.4 Å². The van der Waals surface area contributed by atoms with Crippen LogP contribution in [0.1, 0.15) is 16.1 Å². The Bertz CT molecular complexity index is 700. The van der Waals surface area contributed by atoms with Crippen molar-refractivity contribution < 1.29 is 14.3 Å². The minimum absolute atomic E-state index is 0.101. The summed E-state index contributed by atoms with van der Waals surface area (Å²) in [5, 5.41) is 11.4. The van der Waals surface area contributed by atoms with Crippen LogP contribution >= 0.6 is 0 Å².